The zero-order valence-corrected chi connectivity index (χ0v) is 14.4. The molecule has 0 aromatic carbocycles. The van der Waals surface area contributed by atoms with Gasteiger partial charge in [0.15, 0.2) is 0 Å². The standard InChI is InChI=1S/C14H24N4O2.C2H6/c1-14(2,3)20-13(19)17-11-4-6-12(7-5-11)18-9-10(15)8-16-18;1-2/h8-9,11-12H,4-7,15H2,1-3H3,(H,17,19);1-2H3. The van der Waals surface area contributed by atoms with Crippen LogP contribution < -0.4 is 11.1 Å². The molecular formula is C16H30N4O2. The Morgan fingerprint density at radius 2 is 1.91 bits per heavy atom. The number of carbonyl (C=O) groups excluding carboxylic acids is 1. The molecule has 1 fully saturated rings. The fourth-order valence-corrected chi connectivity index (χ4v) is 2.51. The molecule has 3 N–H and O–H groups in total. The van der Waals surface area contributed by atoms with E-state index in [0.29, 0.717) is 11.7 Å². The molecule has 0 saturated heterocycles. The lowest BCUT2D eigenvalue weighted by atomic mass is 9.91. The Morgan fingerprint density at radius 1 is 1.32 bits per heavy atom. The number of nitrogens with one attached hydrogen (secondary N) is 1. The highest BCUT2D eigenvalue weighted by atomic mass is 16.6. The second-order valence-corrected chi connectivity index (χ2v) is 6.41. The fourth-order valence-electron chi connectivity index (χ4n) is 2.51. The largest absolute Gasteiger partial charge is 0.444 e. The molecule has 1 aliphatic rings. The van der Waals surface area contributed by atoms with Gasteiger partial charge in [-0.05, 0) is 46.5 Å². The molecule has 0 radical (unpaired) electrons. The fraction of sp³-hybridized carbons (Fsp3) is 0.750. The van der Waals surface area contributed by atoms with Gasteiger partial charge in [-0.2, -0.15) is 5.10 Å². The van der Waals surface area contributed by atoms with Crippen molar-refractivity contribution >= 4 is 11.8 Å². The first-order valence-corrected chi connectivity index (χ1v) is 8.12. The monoisotopic (exact) mass is 310 g/mol. The van der Waals surface area contributed by atoms with Gasteiger partial charge in [-0.1, -0.05) is 13.8 Å². The van der Waals surface area contributed by atoms with Crippen LogP contribution in [0, 0.1) is 0 Å². The van der Waals surface area contributed by atoms with Gasteiger partial charge in [0.25, 0.3) is 0 Å². The van der Waals surface area contributed by atoms with Crippen LogP contribution in [0.3, 0.4) is 0 Å². The lowest BCUT2D eigenvalue weighted by molar-refractivity contribution is 0.0487. The molecule has 6 heteroatoms. The van der Waals surface area contributed by atoms with E-state index < -0.39 is 5.60 Å². The van der Waals surface area contributed by atoms with Crippen LogP contribution in [0.15, 0.2) is 12.4 Å². The maximum absolute atomic E-state index is 11.7. The molecule has 0 bridgehead atoms. The Bertz CT molecular complexity index is 457. The van der Waals surface area contributed by atoms with Crippen LogP contribution in [-0.4, -0.2) is 27.5 Å². The van der Waals surface area contributed by atoms with Gasteiger partial charge < -0.3 is 15.8 Å². The number of anilines is 1. The minimum atomic E-state index is -0.451. The van der Waals surface area contributed by atoms with Crippen LogP contribution in [-0.2, 0) is 4.74 Å². The van der Waals surface area contributed by atoms with E-state index >= 15 is 0 Å². The molecule has 0 aliphatic heterocycles. The second kappa shape index (κ2) is 8.06. The molecule has 126 valence electrons. The Labute approximate surface area is 133 Å². The number of carbonyl (C=O) groups is 1. The summed E-state index contributed by atoms with van der Waals surface area (Å²) >= 11 is 0. The van der Waals surface area contributed by atoms with Crippen molar-refractivity contribution in [3.8, 4) is 0 Å². The van der Waals surface area contributed by atoms with E-state index in [1.165, 1.54) is 0 Å². The van der Waals surface area contributed by atoms with Crippen molar-refractivity contribution in [2.75, 3.05) is 5.73 Å². The van der Waals surface area contributed by atoms with E-state index in [-0.39, 0.29) is 12.1 Å². The molecule has 6 nitrogen and oxygen atoms in total. The normalized spacial score (nSPS) is 21.5. The number of hydrogen-bond acceptors (Lipinski definition) is 4. The summed E-state index contributed by atoms with van der Waals surface area (Å²) in [4.78, 5) is 11.7. The van der Waals surface area contributed by atoms with Crippen LogP contribution in [0.5, 0.6) is 0 Å². The predicted molar refractivity (Wildman–Crippen MR) is 88.7 cm³/mol. The highest BCUT2D eigenvalue weighted by molar-refractivity contribution is 5.68. The highest BCUT2D eigenvalue weighted by Crippen LogP contribution is 2.28. The molecule has 1 aromatic heterocycles. The van der Waals surface area contributed by atoms with E-state index in [9.17, 15) is 4.79 Å². The lowest BCUT2D eigenvalue weighted by Crippen LogP contribution is -2.41. The van der Waals surface area contributed by atoms with Crippen molar-refractivity contribution in [1.29, 1.82) is 0 Å². The molecular weight excluding hydrogens is 280 g/mol. The predicted octanol–water partition coefficient (Wildman–Crippen LogP) is 3.50. The lowest BCUT2D eigenvalue weighted by Gasteiger charge is -2.30. The first kappa shape index (κ1) is 18.3. The van der Waals surface area contributed by atoms with Crippen molar-refractivity contribution in [1.82, 2.24) is 15.1 Å². The third-order valence-electron chi connectivity index (χ3n) is 3.41. The quantitative estimate of drug-likeness (QED) is 0.876. The summed E-state index contributed by atoms with van der Waals surface area (Å²) in [5, 5.41) is 7.19. The number of nitrogen functional groups attached to an aromatic ring is 1. The van der Waals surface area contributed by atoms with E-state index in [2.05, 4.69) is 10.4 Å². The van der Waals surface area contributed by atoms with Crippen molar-refractivity contribution in [3.05, 3.63) is 12.4 Å². The molecule has 0 atom stereocenters. The summed E-state index contributed by atoms with van der Waals surface area (Å²) < 4.78 is 7.20. The van der Waals surface area contributed by atoms with Crippen LogP contribution in [0.4, 0.5) is 10.5 Å². The molecule has 22 heavy (non-hydrogen) atoms. The smallest absolute Gasteiger partial charge is 0.407 e. The maximum Gasteiger partial charge on any atom is 0.407 e. The zero-order valence-electron chi connectivity index (χ0n) is 14.4. The van der Waals surface area contributed by atoms with E-state index in [1.54, 1.807) is 6.20 Å². The van der Waals surface area contributed by atoms with Crippen LogP contribution in [0.25, 0.3) is 0 Å². The molecule has 1 aliphatic carbocycles. The summed E-state index contributed by atoms with van der Waals surface area (Å²) in [5.74, 6) is 0. The molecule has 0 spiro atoms. The SMILES string of the molecule is CC.CC(C)(C)OC(=O)NC1CCC(n2cc(N)cn2)CC1. The van der Waals surface area contributed by atoms with Gasteiger partial charge in [0.1, 0.15) is 5.60 Å². The average molecular weight is 310 g/mol. The van der Waals surface area contributed by atoms with Gasteiger partial charge in [-0.15, -0.1) is 0 Å². The summed E-state index contributed by atoms with van der Waals surface area (Å²) in [5.41, 5.74) is 5.92. The number of alkyl carbamates (subject to hydrolysis) is 1. The number of rotatable bonds is 2. The van der Waals surface area contributed by atoms with Crippen LogP contribution in [0.1, 0.15) is 66.3 Å². The highest BCUT2D eigenvalue weighted by Gasteiger charge is 2.25. The van der Waals surface area contributed by atoms with Gasteiger partial charge in [0, 0.05) is 12.2 Å². The van der Waals surface area contributed by atoms with Gasteiger partial charge in [0.2, 0.25) is 0 Å². The minimum Gasteiger partial charge on any atom is -0.444 e. The number of nitrogens with zero attached hydrogens (tertiary/aromatic N) is 2. The summed E-state index contributed by atoms with van der Waals surface area (Å²) in [6.07, 6.45) is 7.05. The Hall–Kier alpha value is -1.72. The Morgan fingerprint density at radius 3 is 2.36 bits per heavy atom. The van der Waals surface area contributed by atoms with E-state index in [1.807, 2.05) is 45.5 Å². The van der Waals surface area contributed by atoms with Gasteiger partial charge in [0.05, 0.1) is 17.9 Å². The first-order valence-electron chi connectivity index (χ1n) is 8.12. The van der Waals surface area contributed by atoms with E-state index in [0.717, 1.165) is 25.7 Å². The minimum absolute atomic E-state index is 0.189. The van der Waals surface area contributed by atoms with E-state index in [4.69, 9.17) is 10.5 Å². The molecule has 1 amide bonds. The number of amides is 1. The average Bonchev–Trinajstić information content (AvgIpc) is 2.86. The molecule has 2 rings (SSSR count). The topological polar surface area (TPSA) is 82.2 Å². The van der Waals surface area contributed by atoms with Crippen molar-refractivity contribution in [2.45, 2.75) is 78.0 Å². The molecule has 1 saturated carbocycles. The Kier molecular flexibility index (Phi) is 6.71. The van der Waals surface area contributed by atoms with Crippen molar-refractivity contribution < 1.29 is 9.53 Å². The summed E-state index contributed by atoms with van der Waals surface area (Å²) in [6, 6.07) is 0.568. The zero-order chi connectivity index (χ0) is 16.8. The third-order valence-corrected chi connectivity index (χ3v) is 3.41. The number of aromatic nitrogens is 2. The van der Waals surface area contributed by atoms with Crippen LogP contribution in [0.2, 0.25) is 0 Å². The van der Waals surface area contributed by atoms with Gasteiger partial charge >= 0.3 is 6.09 Å². The maximum atomic E-state index is 11.7. The van der Waals surface area contributed by atoms with Gasteiger partial charge in [-0.25, -0.2) is 4.79 Å². The summed E-state index contributed by atoms with van der Waals surface area (Å²) in [6.45, 7) is 9.60. The van der Waals surface area contributed by atoms with Gasteiger partial charge in [-0.3, -0.25) is 4.68 Å². The second-order valence-electron chi connectivity index (χ2n) is 6.41. The molecule has 1 aromatic rings. The summed E-state index contributed by atoms with van der Waals surface area (Å²) in [7, 11) is 0. The number of ether oxygens (including phenoxy) is 1. The Balaban J connectivity index is 0.00000116. The van der Waals surface area contributed by atoms with Crippen LogP contribution >= 0.6 is 0 Å². The first-order chi connectivity index (χ1) is 10.3. The van der Waals surface area contributed by atoms with Crippen molar-refractivity contribution in [3.63, 3.8) is 0 Å². The molecule has 0 unspecified atom stereocenters. The van der Waals surface area contributed by atoms with Crippen molar-refractivity contribution in [2.24, 2.45) is 0 Å². The number of hydrogen-bond donors (Lipinski definition) is 2. The number of nitrogens with two attached hydrogens (primary N) is 1. The molecule has 1 heterocycles. The third kappa shape index (κ3) is 5.95.